The summed E-state index contributed by atoms with van der Waals surface area (Å²) < 4.78 is 13.1. The number of esters is 1. The first-order valence-corrected chi connectivity index (χ1v) is 12.9. The van der Waals surface area contributed by atoms with Crippen LogP contribution in [0.2, 0.25) is 0 Å². The standard InChI is InChI=1S/C31H30O5S/c1-19(2)23-8-6-7-9-24(23)29-28(35-21-13-10-20(11-14-21)12-17-27(32)33)25-16-15-22(18-26(25)37-29)36-30(34)31(3,4)5/h6-19H,1-5H3,(H,32,33)/b17-12+. The molecule has 0 aliphatic rings. The fraction of sp³-hybridized carbons (Fsp3) is 0.226. The fourth-order valence-corrected chi connectivity index (χ4v) is 5.00. The number of benzene rings is 3. The van der Waals surface area contributed by atoms with Crippen LogP contribution in [0.4, 0.5) is 0 Å². The maximum absolute atomic E-state index is 12.5. The van der Waals surface area contributed by atoms with Gasteiger partial charge >= 0.3 is 11.9 Å². The van der Waals surface area contributed by atoms with Gasteiger partial charge in [0, 0.05) is 16.2 Å². The van der Waals surface area contributed by atoms with Crippen molar-refractivity contribution in [1.29, 1.82) is 0 Å². The van der Waals surface area contributed by atoms with E-state index in [1.165, 1.54) is 11.6 Å². The molecule has 0 amide bonds. The lowest BCUT2D eigenvalue weighted by Gasteiger charge is -2.16. The van der Waals surface area contributed by atoms with Crippen LogP contribution >= 0.6 is 11.3 Å². The maximum atomic E-state index is 12.5. The Morgan fingerprint density at radius 2 is 1.62 bits per heavy atom. The molecule has 3 aromatic carbocycles. The van der Waals surface area contributed by atoms with E-state index in [0.29, 0.717) is 17.4 Å². The van der Waals surface area contributed by atoms with E-state index in [9.17, 15) is 9.59 Å². The summed E-state index contributed by atoms with van der Waals surface area (Å²) in [5, 5.41) is 9.79. The normalized spacial score (nSPS) is 11.8. The highest BCUT2D eigenvalue weighted by atomic mass is 32.1. The molecule has 6 heteroatoms. The highest BCUT2D eigenvalue weighted by Gasteiger charge is 2.25. The van der Waals surface area contributed by atoms with E-state index >= 15 is 0 Å². The Labute approximate surface area is 221 Å². The van der Waals surface area contributed by atoms with Gasteiger partial charge in [-0.2, -0.15) is 0 Å². The number of carboxylic acids is 1. The third-order valence-electron chi connectivity index (χ3n) is 5.78. The third-order valence-corrected chi connectivity index (χ3v) is 6.95. The Hall–Kier alpha value is -3.90. The molecule has 0 saturated carbocycles. The molecule has 0 fully saturated rings. The number of rotatable bonds is 7. The number of carbonyl (C=O) groups excluding carboxylic acids is 1. The van der Waals surface area contributed by atoms with Gasteiger partial charge in [0.05, 0.1) is 10.3 Å². The molecule has 0 unspecified atom stereocenters. The molecular formula is C31H30O5S. The lowest BCUT2D eigenvalue weighted by Crippen LogP contribution is -2.25. The van der Waals surface area contributed by atoms with Crippen molar-refractivity contribution in [3.05, 3.63) is 83.9 Å². The molecule has 5 nitrogen and oxygen atoms in total. The minimum absolute atomic E-state index is 0.290. The van der Waals surface area contributed by atoms with Crippen LogP contribution in [-0.2, 0) is 9.59 Å². The van der Waals surface area contributed by atoms with Gasteiger partial charge in [0.25, 0.3) is 0 Å². The molecule has 0 atom stereocenters. The molecule has 37 heavy (non-hydrogen) atoms. The summed E-state index contributed by atoms with van der Waals surface area (Å²) in [4.78, 5) is 24.3. The number of hydrogen-bond donors (Lipinski definition) is 1. The van der Waals surface area contributed by atoms with Crippen molar-refractivity contribution in [1.82, 2.24) is 0 Å². The zero-order valence-corrected chi connectivity index (χ0v) is 22.4. The average molecular weight is 515 g/mol. The molecule has 0 radical (unpaired) electrons. The molecule has 0 aliphatic carbocycles. The molecule has 1 N–H and O–H groups in total. The lowest BCUT2D eigenvalue weighted by molar-refractivity contribution is -0.143. The Morgan fingerprint density at radius 3 is 2.27 bits per heavy atom. The highest BCUT2D eigenvalue weighted by Crippen LogP contribution is 2.49. The summed E-state index contributed by atoms with van der Waals surface area (Å²) in [5.41, 5.74) is 2.47. The van der Waals surface area contributed by atoms with Gasteiger partial charge in [0.15, 0.2) is 5.75 Å². The van der Waals surface area contributed by atoms with Crippen molar-refractivity contribution in [3.63, 3.8) is 0 Å². The van der Waals surface area contributed by atoms with Gasteiger partial charge in [0.1, 0.15) is 11.5 Å². The smallest absolute Gasteiger partial charge is 0.328 e. The van der Waals surface area contributed by atoms with Crippen LogP contribution in [0, 0.1) is 5.41 Å². The van der Waals surface area contributed by atoms with Gasteiger partial charge in [-0.05, 0) is 79.8 Å². The molecule has 1 heterocycles. The minimum Gasteiger partial charge on any atom is -0.478 e. The average Bonchev–Trinajstić information content (AvgIpc) is 3.20. The van der Waals surface area contributed by atoms with Gasteiger partial charge in [-0.15, -0.1) is 11.3 Å². The van der Waals surface area contributed by atoms with Crippen LogP contribution < -0.4 is 9.47 Å². The molecular weight excluding hydrogens is 484 g/mol. The Kier molecular flexibility index (Phi) is 7.50. The second kappa shape index (κ2) is 10.6. The van der Waals surface area contributed by atoms with Crippen molar-refractivity contribution in [2.45, 2.75) is 40.5 Å². The van der Waals surface area contributed by atoms with E-state index < -0.39 is 11.4 Å². The maximum Gasteiger partial charge on any atom is 0.328 e. The van der Waals surface area contributed by atoms with E-state index in [4.69, 9.17) is 14.6 Å². The first-order chi connectivity index (χ1) is 17.5. The summed E-state index contributed by atoms with van der Waals surface area (Å²) in [6.07, 6.45) is 2.64. The largest absolute Gasteiger partial charge is 0.478 e. The van der Waals surface area contributed by atoms with E-state index in [1.54, 1.807) is 17.4 Å². The lowest BCUT2D eigenvalue weighted by atomic mass is 9.96. The van der Waals surface area contributed by atoms with E-state index in [-0.39, 0.29) is 5.97 Å². The van der Waals surface area contributed by atoms with Gasteiger partial charge in [-0.1, -0.05) is 50.2 Å². The number of carbonyl (C=O) groups is 2. The quantitative estimate of drug-likeness (QED) is 0.152. The van der Waals surface area contributed by atoms with Crippen LogP contribution in [0.1, 0.15) is 51.7 Å². The zero-order chi connectivity index (χ0) is 26.7. The highest BCUT2D eigenvalue weighted by molar-refractivity contribution is 7.22. The Balaban J connectivity index is 1.79. The van der Waals surface area contributed by atoms with Gasteiger partial charge < -0.3 is 14.6 Å². The van der Waals surface area contributed by atoms with Gasteiger partial charge in [0.2, 0.25) is 0 Å². The Morgan fingerprint density at radius 1 is 0.946 bits per heavy atom. The molecule has 0 aliphatic heterocycles. The molecule has 0 saturated heterocycles. The van der Waals surface area contributed by atoms with Crippen LogP contribution in [0.5, 0.6) is 17.2 Å². The summed E-state index contributed by atoms with van der Waals surface area (Å²) in [6.45, 7) is 9.82. The second-order valence-corrected chi connectivity index (χ2v) is 11.2. The first-order valence-electron chi connectivity index (χ1n) is 12.1. The van der Waals surface area contributed by atoms with Crippen molar-refractivity contribution in [3.8, 4) is 27.7 Å². The summed E-state index contributed by atoms with van der Waals surface area (Å²) in [7, 11) is 0. The van der Waals surface area contributed by atoms with E-state index in [1.807, 2.05) is 69.3 Å². The zero-order valence-electron chi connectivity index (χ0n) is 21.6. The van der Waals surface area contributed by atoms with E-state index in [0.717, 1.165) is 37.9 Å². The first kappa shape index (κ1) is 26.2. The monoisotopic (exact) mass is 514 g/mol. The van der Waals surface area contributed by atoms with Gasteiger partial charge in [-0.3, -0.25) is 4.79 Å². The van der Waals surface area contributed by atoms with Crippen LogP contribution in [0.15, 0.2) is 72.8 Å². The van der Waals surface area contributed by atoms with Crippen molar-refractivity contribution in [2.75, 3.05) is 0 Å². The predicted octanol–water partition coefficient (Wildman–Crippen LogP) is 8.53. The van der Waals surface area contributed by atoms with Crippen molar-refractivity contribution >= 4 is 39.4 Å². The summed E-state index contributed by atoms with van der Waals surface area (Å²) in [6, 6.07) is 21.2. The Bertz CT molecular complexity index is 1470. The van der Waals surface area contributed by atoms with Crippen LogP contribution in [0.25, 0.3) is 26.6 Å². The molecule has 0 spiro atoms. The number of ether oxygens (including phenoxy) is 2. The summed E-state index contributed by atoms with van der Waals surface area (Å²) in [5.74, 6) is 0.902. The van der Waals surface area contributed by atoms with Crippen molar-refractivity contribution < 1.29 is 24.2 Å². The SMILES string of the molecule is CC(C)c1ccccc1-c1sc2cc(OC(=O)C(C)(C)C)ccc2c1Oc1ccc(/C=C/C(=O)O)cc1. The number of carboxylic acid groups (broad SMARTS) is 1. The van der Waals surface area contributed by atoms with Crippen LogP contribution in [-0.4, -0.2) is 17.0 Å². The van der Waals surface area contributed by atoms with Crippen molar-refractivity contribution in [2.24, 2.45) is 5.41 Å². The minimum atomic E-state index is -0.994. The summed E-state index contributed by atoms with van der Waals surface area (Å²) >= 11 is 1.60. The second-order valence-electron chi connectivity index (χ2n) is 10.1. The topological polar surface area (TPSA) is 72.8 Å². The number of hydrogen-bond acceptors (Lipinski definition) is 5. The number of fused-ring (bicyclic) bond motifs is 1. The predicted molar refractivity (Wildman–Crippen MR) is 150 cm³/mol. The molecule has 4 aromatic rings. The molecule has 190 valence electrons. The van der Waals surface area contributed by atoms with E-state index in [2.05, 4.69) is 26.0 Å². The molecule has 1 aromatic heterocycles. The molecule has 0 bridgehead atoms. The third kappa shape index (κ3) is 6.09. The molecule has 4 rings (SSSR count). The fourth-order valence-electron chi connectivity index (χ4n) is 3.80. The van der Waals surface area contributed by atoms with Gasteiger partial charge in [-0.25, -0.2) is 4.79 Å². The number of aliphatic carboxylic acids is 1. The number of thiophene rings is 1. The van der Waals surface area contributed by atoms with Crippen LogP contribution in [0.3, 0.4) is 0 Å².